The van der Waals surface area contributed by atoms with E-state index < -0.39 is 0 Å². The molecule has 0 aliphatic rings. The third-order valence-corrected chi connectivity index (χ3v) is 4.10. The fourth-order valence-electron chi connectivity index (χ4n) is 1.75. The van der Waals surface area contributed by atoms with E-state index in [1.807, 2.05) is 6.92 Å². The number of amides is 1. The first-order valence-corrected chi connectivity index (χ1v) is 7.63. The smallest absolute Gasteiger partial charge is 0.233 e. The van der Waals surface area contributed by atoms with Crippen LogP contribution in [0.1, 0.15) is 47.0 Å². The number of halogens is 1. The zero-order chi connectivity index (χ0) is 13.3. The van der Waals surface area contributed by atoms with Crippen LogP contribution in [0.5, 0.6) is 0 Å². The Labute approximate surface area is 114 Å². The number of hydrogen-bond donors (Lipinski definition) is 1. The minimum Gasteiger partial charge on any atom is -0.353 e. The van der Waals surface area contributed by atoms with Crippen LogP contribution in [0.15, 0.2) is 0 Å². The van der Waals surface area contributed by atoms with Crippen LogP contribution in [0.4, 0.5) is 0 Å². The van der Waals surface area contributed by atoms with Gasteiger partial charge in [-0.1, -0.05) is 36.7 Å². The number of carbonyl (C=O) groups is 1. The number of nitrogens with one attached hydrogen (secondary N) is 1. The van der Waals surface area contributed by atoms with Gasteiger partial charge in [-0.05, 0) is 45.8 Å². The fourth-order valence-corrected chi connectivity index (χ4v) is 1.88. The molecule has 0 aliphatic heterocycles. The Balaban J connectivity index is 3.72. The van der Waals surface area contributed by atoms with Crippen LogP contribution < -0.4 is 5.32 Å². The third kappa shape index (κ3) is 7.77. The van der Waals surface area contributed by atoms with E-state index >= 15 is 0 Å². The molecule has 2 atom stereocenters. The molecular formula is C13H27BrN2O. The second-order valence-corrected chi connectivity index (χ2v) is 5.56. The first-order valence-electron chi connectivity index (χ1n) is 6.71. The van der Waals surface area contributed by atoms with Crippen molar-refractivity contribution in [1.82, 2.24) is 10.2 Å². The summed E-state index contributed by atoms with van der Waals surface area (Å²) in [4.78, 5) is 14.0. The molecule has 3 nitrogen and oxygen atoms in total. The van der Waals surface area contributed by atoms with Gasteiger partial charge in [-0.2, -0.15) is 0 Å². The number of carbonyl (C=O) groups excluding carboxylic acids is 1. The predicted molar refractivity (Wildman–Crippen MR) is 77.6 cm³/mol. The minimum atomic E-state index is -0.0484. The van der Waals surface area contributed by atoms with Crippen LogP contribution in [0.3, 0.4) is 0 Å². The average molecular weight is 307 g/mol. The monoisotopic (exact) mass is 306 g/mol. The van der Waals surface area contributed by atoms with E-state index in [2.05, 4.69) is 46.9 Å². The molecule has 1 N–H and O–H groups in total. The summed E-state index contributed by atoms with van der Waals surface area (Å²) in [5.41, 5.74) is 0. The molecule has 0 aromatic rings. The van der Waals surface area contributed by atoms with Gasteiger partial charge >= 0.3 is 0 Å². The summed E-state index contributed by atoms with van der Waals surface area (Å²) < 4.78 is 0. The van der Waals surface area contributed by atoms with Crippen LogP contribution in [0, 0.1) is 0 Å². The summed E-state index contributed by atoms with van der Waals surface area (Å²) >= 11 is 3.36. The summed E-state index contributed by atoms with van der Waals surface area (Å²) in [6.45, 7) is 11.8. The van der Waals surface area contributed by atoms with Gasteiger partial charge in [0.1, 0.15) is 0 Å². The number of alkyl halides is 1. The van der Waals surface area contributed by atoms with Crippen molar-refractivity contribution in [2.75, 3.05) is 19.6 Å². The molecule has 0 aliphatic carbocycles. The predicted octanol–water partition coefficient (Wildman–Crippen LogP) is 2.79. The van der Waals surface area contributed by atoms with Crippen LogP contribution in [-0.2, 0) is 4.79 Å². The molecule has 1 amide bonds. The molecule has 0 bridgehead atoms. The van der Waals surface area contributed by atoms with Gasteiger partial charge in [0.15, 0.2) is 0 Å². The van der Waals surface area contributed by atoms with E-state index in [-0.39, 0.29) is 16.8 Å². The summed E-state index contributed by atoms with van der Waals surface area (Å²) in [5, 5.41) is 3.04. The Kier molecular flexibility index (Phi) is 9.84. The van der Waals surface area contributed by atoms with Crippen molar-refractivity contribution in [3.05, 3.63) is 0 Å². The van der Waals surface area contributed by atoms with Crippen LogP contribution >= 0.6 is 15.9 Å². The maximum absolute atomic E-state index is 11.6. The molecule has 0 aromatic carbocycles. The first kappa shape index (κ1) is 16.9. The molecule has 102 valence electrons. The summed E-state index contributed by atoms with van der Waals surface area (Å²) in [5.74, 6) is 0.114. The molecule has 17 heavy (non-hydrogen) atoms. The van der Waals surface area contributed by atoms with Crippen molar-refractivity contribution in [2.24, 2.45) is 0 Å². The van der Waals surface area contributed by atoms with E-state index in [0.717, 1.165) is 38.9 Å². The van der Waals surface area contributed by atoms with E-state index in [1.54, 1.807) is 0 Å². The molecular weight excluding hydrogens is 280 g/mol. The molecule has 0 radical (unpaired) electrons. The number of rotatable bonds is 9. The van der Waals surface area contributed by atoms with Crippen molar-refractivity contribution in [1.29, 1.82) is 0 Å². The fraction of sp³-hybridized carbons (Fsp3) is 0.923. The number of nitrogens with zero attached hydrogens (tertiary/aromatic N) is 1. The van der Waals surface area contributed by atoms with Gasteiger partial charge in [0, 0.05) is 6.04 Å². The second kappa shape index (κ2) is 9.89. The van der Waals surface area contributed by atoms with Gasteiger partial charge in [-0.3, -0.25) is 4.79 Å². The van der Waals surface area contributed by atoms with E-state index in [1.165, 1.54) is 0 Å². The molecule has 0 saturated heterocycles. The molecule has 0 rings (SSSR count). The highest BCUT2D eigenvalue weighted by molar-refractivity contribution is 9.10. The lowest BCUT2D eigenvalue weighted by Crippen LogP contribution is -2.38. The van der Waals surface area contributed by atoms with Crippen LogP contribution in [-0.4, -0.2) is 41.3 Å². The summed E-state index contributed by atoms with van der Waals surface area (Å²) in [7, 11) is 0. The maximum Gasteiger partial charge on any atom is 0.233 e. The van der Waals surface area contributed by atoms with E-state index in [4.69, 9.17) is 0 Å². The van der Waals surface area contributed by atoms with Crippen molar-refractivity contribution < 1.29 is 4.79 Å². The number of hydrogen-bond acceptors (Lipinski definition) is 2. The Hall–Kier alpha value is -0.0900. The molecule has 0 saturated carbocycles. The van der Waals surface area contributed by atoms with Gasteiger partial charge in [-0.25, -0.2) is 0 Å². The Morgan fingerprint density at radius 3 is 2.35 bits per heavy atom. The van der Waals surface area contributed by atoms with Crippen molar-refractivity contribution >= 4 is 21.8 Å². The van der Waals surface area contributed by atoms with Crippen molar-refractivity contribution in [3.63, 3.8) is 0 Å². The highest BCUT2D eigenvalue weighted by Crippen LogP contribution is 2.06. The van der Waals surface area contributed by atoms with Crippen LogP contribution in [0.2, 0.25) is 0 Å². The second-order valence-electron chi connectivity index (χ2n) is 4.45. The third-order valence-electron chi connectivity index (χ3n) is 3.04. The van der Waals surface area contributed by atoms with Gasteiger partial charge in [0.25, 0.3) is 0 Å². The zero-order valence-electron chi connectivity index (χ0n) is 11.6. The van der Waals surface area contributed by atoms with Gasteiger partial charge in [0.05, 0.1) is 4.83 Å². The van der Waals surface area contributed by atoms with Gasteiger partial charge in [-0.15, -0.1) is 0 Å². The lowest BCUT2D eigenvalue weighted by molar-refractivity contribution is -0.121. The lowest BCUT2D eigenvalue weighted by atomic mass is 10.1. The van der Waals surface area contributed by atoms with Crippen LogP contribution in [0.25, 0.3) is 0 Å². The molecule has 2 unspecified atom stereocenters. The van der Waals surface area contributed by atoms with Gasteiger partial charge in [0.2, 0.25) is 5.91 Å². The highest BCUT2D eigenvalue weighted by Gasteiger charge is 2.14. The van der Waals surface area contributed by atoms with E-state index in [9.17, 15) is 4.79 Å². The Bertz CT molecular complexity index is 208. The maximum atomic E-state index is 11.6. The van der Waals surface area contributed by atoms with Crippen molar-refractivity contribution in [3.8, 4) is 0 Å². The lowest BCUT2D eigenvalue weighted by Gasteiger charge is -2.20. The molecule has 0 heterocycles. The first-order chi connectivity index (χ1) is 8.04. The zero-order valence-corrected chi connectivity index (χ0v) is 13.2. The van der Waals surface area contributed by atoms with Crippen molar-refractivity contribution in [2.45, 2.75) is 57.8 Å². The average Bonchev–Trinajstić information content (AvgIpc) is 2.33. The van der Waals surface area contributed by atoms with Gasteiger partial charge < -0.3 is 10.2 Å². The quantitative estimate of drug-likeness (QED) is 0.664. The molecule has 0 fully saturated rings. The normalized spacial score (nSPS) is 14.7. The minimum absolute atomic E-state index is 0.0484. The highest BCUT2D eigenvalue weighted by atomic mass is 79.9. The molecule has 0 spiro atoms. The van der Waals surface area contributed by atoms with E-state index in [0.29, 0.717) is 0 Å². The summed E-state index contributed by atoms with van der Waals surface area (Å²) in [6, 6.07) is 0.268. The largest absolute Gasteiger partial charge is 0.353 e. The molecule has 0 aromatic heterocycles. The summed E-state index contributed by atoms with van der Waals surface area (Å²) in [6.07, 6.45) is 3.02. The molecule has 4 heteroatoms. The Morgan fingerprint density at radius 1 is 1.29 bits per heavy atom. The Morgan fingerprint density at radius 2 is 1.88 bits per heavy atom. The topological polar surface area (TPSA) is 32.3 Å². The SMILES string of the molecule is CCC(Br)C(=O)NC(C)CCCN(CC)CC. The standard InChI is InChI=1S/C13H27BrN2O/c1-5-12(14)13(17)15-11(4)9-8-10-16(6-2)7-3/h11-12H,5-10H2,1-4H3,(H,15,17).